The number of carbonyl (C=O) groups excluding carboxylic acids is 1. The molecule has 0 aliphatic carbocycles. The van der Waals surface area contributed by atoms with Crippen LogP contribution in [0.15, 0.2) is 22.7 Å². The van der Waals surface area contributed by atoms with E-state index in [1.807, 2.05) is 0 Å². The number of nitrogens with one attached hydrogen (secondary N) is 1. The zero-order chi connectivity index (χ0) is 13.8. The number of amides is 1. The lowest BCUT2D eigenvalue weighted by atomic mass is 10.0. The van der Waals surface area contributed by atoms with Crippen LogP contribution >= 0.6 is 15.9 Å². The Balaban J connectivity index is 2.90. The Kier molecular flexibility index (Phi) is 5.21. The minimum atomic E-state index is -1.50. The highest BCUT2D eigenvalue weighted by atomic mass is 79.9. The molecule has 1 rings (SSSR count). The third-order valence-electron chi connectivity index (χ3n) is 2.47. The quantitative estimate of drug-likeness (QED) is 0.616. The molecule has 0 atom stereocenters. The average molecular weight is 322 g/mol. The van der Waals surface area contributed by atoms with E-state index in [1.165, 1.54) is 12.1 Å². The molecule has 0 saturated heterocycles. The van der Waals surface area contributed by atoms with Gasteiger partial charge in [0.25, 0.3) is 5.91 Å². The van der Waals surface area contributed by atoms with E-state index in [4.69, 9.17) is 15.3 Å². The van der Waals surface area contributed by atoms with E-state index in [-0.39, 0.29) is 10.0 Å². The molecule has 5 nitrogen and oxygen atoms in total. The van der Waals surface area contributed by atoms with Gasteiger partial charge < -0.3 is 20.6 Å². The Morgan fingerprint density at radius 3 is 2.28 bits per heavy atom. The lowest BCUT2D eigenvalue weighted by Gasteiger charge is -2.28. The van der Waals surface area contributed by atoms with Crippen molar-refractivity contribution in [3.05, 3.63) is 34.1 Å². The average Bonchev–Trinajstić information content (AvgIpc) is 2.39. The monoisotopic (exact) mass is 321 g/mol. The van der Waals surface area contributed by atoms with Gasteiger partial charge in [-0.25, -0.2) is 4.39 Å². The minimum absolute atomic E-state index is 0.123. The van der Waals surface area contributed by atoms with E-state index in [2.05, 4.69) is 21.2 Å². The molecule has 0 fully saturated rings. The molecular weight excluding hydrogens is 309 g/mol. The molecule has 0 bridgehead atoms. The maximum atomic E-state index is 13.0. The van der Waals surface area contributed by atoms with Crippen LogP contribution in [0.4, 0.5) is 4.39 Å². The summed E-state index contributed by atoms with van der Waals surface area (Å²) < 4.78 is 13.1. The molecule has 1 aromatic rings. The Bertz CT molecular complexity index is 429. The van der Waals surface area contributed by atoms with Gasteiger partial charge in [-0.2, -0.15) is 0 Å². The van der Waals surface area contributed by atoms with Crippen LogP contribution in [0.5, 0.6) is 0 Å². The molecule has 0 unspecified atom stereocenters. The highest BCUT2D eigenvalue weighted by molar-refractivity contribution is 9.10. The summed E-state index contributed by atoms with van der Waals surface area (Å²) >= 11 is 2.94. The van der Waals surface area contributed by atoms with E-state index >= 15 is 0 Å². The maximum Gasteiger partial charge on any atom is 0.251 e. The van der Waals surface area contributed by atoms with Gasteiger partial charge in [0.15, 0.2) is 0 Å². The topological polar surface area (TPSA) is 89.8 Å². The summed E-state index contributed by atoms with van der Waals surface area (Å²) in [4.78, 5) is 11.8. The predicted molar refractivity (Wildman–Crippen MR) is 65.6 cm³/mol. The second-order valence-corrected chi connectivity index (χ2v) is 4.69. The number of halogens is 2. The lowest BCUT2D eigenvalue weighted by Crippen LogP contribution is -2.57. The molecule has 0 heterocycles. The van der Waals surface area contributed by atoms with Crippen molar-refractivity contribution in [2.45, 2.75) is 5.54 Å². The van der Waals surface area contributed by atoms with Crippen molar-refractivity contribution in [3.8, 4) is 0 Å². The number of carbonyl (C=O) groups is 1. The van der Waals surface area contributed by atoms with Crippen molar-refractivity contribution >= 4 is 21.8 Å². The van der Waals surface area contributed by atoms with Crippen LogP contribution in [0.2, 0.25) is 0 Å². The molecule has 4 N–H and O–H groups in total. The number of aliphatic hydroxyl groups excluding tert-OH is 3. The van der Waals surface area contributed by atoms with E-state index in [0.717, 1.165) is 6.07 Å². The van der Waals surface area contributed by atoms with Gasteiger partial charge in [-0.3, -0.25) is 4.79 Å². The summed E-state index contributed by atoms with van der Waals surface area (Å²) in [6, 6.07) is 3.63. The molecule has 7 heteroatoms. The van der Waals surface area contributed by atoms with Crippen LogP contribution in [0.1, 0.15) is 10.4 Å². The van der Waals surface area contributed by atoms with Gasteiger partial charge in [0, 0.05) is 5.56 Å². The first-order chi connectivity index (χ1) is 8.48. The second kappa shape index (κ2) is 6.24. The minimum Gasteiger partial charge on any atom is -0.394 e. The number of rotatable bonds is 5. The number of hydrogen-bond acceptors (Lipinski definition) is 4. The zero-order valence-corrected chi connectivity index (χ0v) is 10.9. The summed E-state index contributed by atoms with van der Waals surface area (Å²) in [7, 11) is 0. The fourth-order valence-electron chi connectivity index (χ4n) is 1.22. The fourth-order valence-corrected chi connectivity index (χ4v) is 1.60. The number of aliphatic hydroxyl groups is 3. The molecule has 100 valence electrons. The van der Waals surface area contributed by atoms with E-state index in [1.54, 1.807) is 0 Å². The second-order valence-electron chi connectivity index (χ2n) is 3.84. The maximum absolute atomic E-state index is 13.0. The zero-order valence-electron chi connectivity index (χ0n) is 9.36. The Hall–Kier alpha value is -1.02. The van der Waals surface area contributed by atoms with Crippen LogP contribution in [-0.4, -0.2) is 46.6 Å². The normalized spacial score (nSPS) is 11.4. The van der Waals surface area contributed by atoms with Crippen LogP contribution < -0.4 is 5.32 Å². The first-order valence-corrected chi connectivity index (χ1v) is 5.87. The fraction of sp³-hybridized carbons (Fsp3) is 0.364. The highest BCUT2D eigenvalue weighted by Crippen LogP contribution is 2.17. The third-order valence-corrected chi connectivity index (χ3v) is 3.08. The molecule has 0 saturated carbocycles. The van der Waals surface area contributed by atoms with Gasteiger partial charge in [0.2, 0.25) is 0 Å². The predicted octanol–water partition coefficient (Wildman–Crippen LogP) is 0.0337. The molecule has 1 aromatic carbocycles. The SMILES string of the molecule is O=C(NC(CO)(CO)CO)c1ccc(F)c(Br)c1. The van der Waals surface area contributed by atoms with Crippen molar-refractivity contribution in [1.82, 2.24) is 5.32 Å². The summed E-state index contributed by atoms with van der Waals surface area (Å²) in [6.45, 7) is -1.85. The van der Waals surface area contributed by atoms with Gasteiger partial charge in [-0.15, -0.1) is 0 Å². The molecule has 0 aliphatic rings. The van der Waals surface area contributed by atoms with Gasteiger partial charge in [0.1, 0.15) is 11.4 Å². The molecule has 0 aromatic heterocycles. The molecule has 0 radical (unpaired) electrons. The number of benzene rings is 1. The molecule has 0 spiro atoms. The van der Waals surface area contributed by atoms with E-state index in [0.29, 0.717) is 0 Å². The van der Waals surface area contributed by atoms with Gasteiger partial charge >= 0.3 is 0 Å². The number of hydrogen-bond donors (Lipinski definition) is 4. The largest absolute Gasteiger partial charge is 0.394 e. The van der Waals surface area contributed by atoms with Crippen molar-refractivity contribution < 1.29 is 24.5 Å². The summed E-state index contributed by atoms with van der Waals surface area (Å²) in [5.74, 6) is -1.14. The summed E-state index contributed by atoms with van der Waals surface area (Å²) in [5, 5.41) is 29.5. The van der Waals surface area contributed by atoms with E-state index in [9.17, 15) is 9.18 Å². The van der Waals surface area contributed by atoms with Gasteiger partial charge in [-0.1, -0.05) is 0 Å². The smallest absolute Gasteiger partial charge is 0.251 e. The summed E-state index contributed by atoms with van der Waals surface area (Å²) in [5.41, 5.74) is -1.36. The van der Waals surface area contributed by atoms with Crippen molar-refractivity contribution in [1.29, 1.82) is 0 Å². The molecule has 0 aliphatic heterocycles. The standard InChI is InChI=1S/C11H13BrFNO4/c12-8-3-7(1-2-9(8)13)10(18)14-11(4-15,5-16)6-17/h1-3,15-17H,4-6H2,(H,14,18). The summed E-state index contributed by atoms with van der Waals surface area (Å²) in [6.07, 6.45) is 0. The Morgan fingerprint density at radius 2 is 1.83 bits per heavy atom. The van der Waals surface area contributed by atoms with Gasteiger partial charge in [-0.05, 0) is 34.1 Å². The van der Waals surface area contributed by atoms with E-state index < -0.39 is 37.1 Å². The Morgan fingerprint density at radius 1 is 1.28 bits per heavy atom. The first-order valence-electron chi connectivity index (χ1n) is 5.08. The van der Waals surface area contributed by atoms with Crippen LogP contribution in [-0.2, 0) is 0 Å². The molecule has 18 heavy (non-hydrogen) atoms. The third kappa shape index (κ3) is 3.26. The van der Waals surface area contributed by atoms with Crippen LogP contribution in [0.3, 0.4) is 0 Å². The van der Waals surface area contributed by atoms with Crippen molar-refractivity contribution in [2.75, 3.05) is 19.8 Å². The first kappa shape index (κ1) is 15.0. The molecule has 1 amide bonds. The molecular formula is C11H13BrFNO4. The highest BCUT2D eigenvalue weighted by Gasteiger charge is 2.30. The lowest BCUT2D eigenvalue weighted by molar-refractivity contribution is 0.0375. The van der Waals surface area contributed by atoms with Crippen molar-refractivity contribution in [2.24, 2.45) is 0 Å². The van der Waals surface area contributed by atoms with Crippen molar-refractivity contribution in [3.63, 3.8) is 0 Å². The van der Waals surface area contributed by atoms with Crippen LogP contribution in [0.25, 0.3) is 0 Å². The van der Waals surface area contributed by atoms with Crippen LogP contribution in [0, 0.1) is 5.82 Å². The Labute approximate surface area is 111 Å². The van der Waals surface area contributed by atoms with Gasteiger partial charge in [0.05, 0.1) is 24.3 Å².